The van der Waals surface area contributed by atoms with Crippen LogP contribution in [0.3, 0.4) is 0 Å². The van der Waals surface area contributed by atoms with Crippen LogP contribution >= 0.6 is 0 Å². The summed E-state index contributed by atoms with van der Waals surface area (Å²) in [5.41, 5.74) is 4.17. The van der Waals surface area contributed by atoms with E-state index in [1.807, 2.05) is 63.2 Å². The van der Waals surface area contributed by atoms with Gasteiger partial charge in [0, 0.05) is 5.56 Å². The summed E-state index contributed by atoms with van der Waals surface area (Å²) in [5.74, 6) is 1.30. The summed E-state index contributed by atoms with van der Waals surface area (Å²) in [4.78, 5) is 16.6. The Morgan fingerprint density at radius 1 is 1.11 bits per heavy atom. The molecular formula is C21H23N3O3. The van der Waals surface area contributed by atoms with E-state index in [0.29, 0.717) is 17.5 Å². The average Bonchev–Trinajstić information content (AvgIpc) is 3.11. The minimum Gasteiger partial charge on any atom is -0.481 e. The second-order valence-electron chi connectivity index (χ2n) is 6.62. The third kappa shape index (κ3) is 4.73. The molecule has 0 bridgehead atoms. The number of aromatic nitrogens is 2. The number of nitrogens with zero attached hydrogens (tertiary/aromatic N) is 2. The number of benzene rings is 2. The maximum atomic E-state index is 12.3. The molecule has 0 aliphatic rings. The first-order chi connectivity index (χ1) is 12.9. The van der Waals surface area contributed by atoms with Gasteiger partial charge in [0.05, 0.1) is 6.54 Å². The molecule has 1 heterocycles. The molecule has 27 heavy (non-hydrogen) atoms. The molecule has 6 heteroatoms. The largest absolute Gasteiger partial charge is 0.481 e. The highest BCUT2D eigenvalue weighted by atomic mass is 16.5. The number of nitrogens with one attached hydrogen (secondary N) is 1. The smallest absolute Gasteiger partial charge is 0.261 e. The minimum atomic E-state index is -0.633. The zero-order valence-electron chi connectivity index (χ0n) is 15.9. The topological polar surface area (TPSA) is 77.2 Å². The molecular weight excluding hydrogens is 342 g/mol. The normalized spacial score (nSPS) is 11.9. The number of hydrogen-bond donors (Lipinski definition) is 1. The quantitative estimate of drug-likeness (QED) is 0.720. The monoisotopic (exact) mass is 365 g/mol. The number of carbonyl (C=O) groups is 1. The minimum absolute atomic E-state index is 0.151. The van der Waals surface area contributed by atoms with Crippen LogP contribution in [0.1, 0.15) is 29.5 Å². The maximum Gasteiger partial charge on any atom is 0.261 e. The van der Waals surface area contributed by atoms with E-state index < -0.39 is 6.10 Å². The van der Waals surface area contributed by atoms with Crippen LogP contribution < -0.4 is 10.1 Å². The SMILES string of the molecule is Cc1ccc(-c2noc(CNC(=O)[C@H](C)Oc3ccc(C)cc3C)n2)cc1. The van der Waals surface area contributed by atoms with Crippen molar-refractivity contribution in [2.24, 2.45) is 0 Å². The van der Waals surface area contributed by atoms with Gasteiger partial charge in [-0.15, -0.1) is 0 Å². The van der Waals surface area contributed by atoms with Crippen LogP contribution in [-0.4, -0.2) is 22.2 Å². The van der Waals surface area contributed by atoms with Gasteiger partial charge in [-0.2, -0.15) is 4.98 Å². The fourth-order valence-electron chi connectivity index (χ4n) is 2.63. The lowest BCUT2D eigenvalue weighted by Crippen LogP contribution is -2.36. The molecule has 1 atom stereocenters. The van der Waals surface area contributed by atoms with Crippen molar-refractivity contribution in [3.05, 3.63) is 65.0 Å². The summed E-state index contributed by atoms with van der Waals surface area (Å²) < 4.78 is 11.0. The van der Waals surface area contributed by atoms with E-state index in [0.717, 1.165) is 22.3 Å². The first kappa shape index (κ1) is 18.6. The van der Waals surface area contributed by atoms with E-state index >= 15 is 0 Å². The van der Waals surface area contributed by atoms with Crippen molar-refractivity contribution in [2.45, 2.75) is 40.3 Å². The Morgan fingerprint density at radius 2 is 1.81 bits per heavy atom. The third-order valence-electron chi connectivity index (χ3n) is 4.20. The van der Waals surface area contributed by atoms with E-state index in [1.54, 1.807) is 6.92 Å². The summed E-state index contributed by atoms with van der Waals surface area (Å²) in [5, 5.41) is 6.72. The van der Waals surface area contributed by atoms with Crippen molar-refractivity contribution in [3.8, 4) is 17.1 Å². The van der Waals surface area contributed by atoms with Crippen molar-refractivity contribution < 1.29 is 14.1 Å². The number of aryl methyl sites for hydroxylation is 3. The van der Waals surface area contributed by atoms with Crippen molar-refractivity contribution in [1.82, 2.24) is 15.5 Å². The summed E-state index contributed by atoms with van der Waals surface area (Å²) in [7, 11) is 0. The summed E-state index contributed by atoms with van der Waals surface area (Å²) in [6.45, 7) is 7.85. The molecule has 0 aliphatic heterocycles. The van der Waals surface area contributed by atoms with E-state index in [1.165, 1.54) is 0 Å². The van der Waals surface area contributed by atoms with Crippen LogP contribution in [0.25, 0.3) is 11.4 Å². The van der Waals surface area contributed by atoms with Gasteiger partial charge in [0.25, 0.3) is 5.91 Å². The van der Waals surface area contributed by atoms with Crippen molar-refractivity contribution in [1.29, 1.82) is 0 Å². The van der Waals surface area contributed by atoms with Gasteiger partial charge in [-0.1, -0.05) is 52.7 Å². The number of hydrogen-bond acceptors (Lipinski definition) is 5. The van der Waals surface area contributed by atoms with Crippen LogP contribution in [0.15, 0.2) is 47.0 Å². The van der Waals surface area contributed by atoms with Crippen molar-refractivity contribution in [2.75, 3.05) is 0 Å². The van der Waals surface area contributed by atoms with Gasteiger partial charge in [0.15, 0.2) is 6.10 Å². The predicted octanol–water partition coefficient (Wildman–Crippen LogP) is 3.75. The van der Waals surface area contributed by atoms with Crippen LogP contribution in [0.2, 0.25) is 0 Å². The second kappa shape index (κ2) is 8.03. The standard InChI is InChI=1S/C21H23N3O3/c1-13-5-8-17(9-6-13)20-23-19(27-24-20)12-22-21(25)16(4)26-18-10-7-14(2)11-15(18)3/h5-11,16H,12H2,1-4H3,(H,22,25)/t16-/m0/s1. The highest BCUT2D eigenvalue weighted by Crippen LogP contribution is 2.20. The molecule has 0 saturated carbocycles. The fourth-order valence-corrected chi connectivity index (χ4v) is 2.63. The first-order valence-corrected chi connectivity index (χ1v) is 8.83. The molecule has 1 amide bonds. The van der Waals surface area contributed by atoms with Gasteiger partial charge in [-0.25, -0.2) is 0 Å². The fraction of sp³-hybridized carbons (Fsp3) is 0.286. The molecule has 6 nitrogen and oxygen atoms in total. The Kier molecular flexibility index (Phi) is 5.54. The molecule has 3 rings (SSSR count). The summed E-state index contributed by atoms with van der Waals surface area (Å²) >= 11 is 0. The van der Waals surface area contributed by atoms with Crippen LogP contribution in [0.4, 0.5) is 0 Å². The predicted molar refractivity (Wildman–Crippen MR) is 102 cm³/mol. The molecule has 0 radical (unpaired) electrons. The molecule has 3 aromatic rings. The molecule has 1 N–H and O–H groups in total. The highest BCUT2D eigenvalue weighted by Gasteiger charge is 2.17. The summed E-state index contributed by atoms with van der Waals surface area (Å²) in [6, 6.07) is 13.7. The van der Waals surface area contributed by atoms with E-state index in [-0.39, 0.29) is 12.5 Å². The Balaban J connectivity index is 1.56. The lowest BCUT2D eigenvalue weighted by molar-refractivity contribution is -0.127. The molecule has 0 saturated heterocycles. The molecule has 0 spiro atoms. The number of amides is 1. The molecule has 2 aromatic carbocycles. The number of carbonyl (C=O) groups excluding carboxylic acids is 1. The van der Waals surface area contributed by atoms with E-state index in [9.17, 15) is 4.79 Å². The van der Waals surface area contributed by atoms with E-state index in [4.69, 9.17) is 9.26 Å². The van der Waals surface area contributed by atoms with Crippen LogP contribution in [0.5, 0.6) is 5.75 Å². The van der Waals surface area contributed by atoms with Crippen molar-refractivity contribution in [3.63, 3.8) is 0 Å². The summed E-state index contributed by atoms with van der Waals surface area (Å²) in [6.07, 6.45) is -0.633. The Morgan fingerprint density at radius 3 is 2.52 bits per heavy atom. The highest BCUT2D eigenvalue weighted by molar-refractivity contribution is 5.80. The lowest BCUT2D eigenvalue weighted by Gasteiger charge is -2.16. The van der Waals surface area contributed by atoms with Gasteiger partial charge < -0.3 is 14.6 Å². The molecule has 0 unspecified atom stereocenters. The zero-order chi connectivity index (χ0) is 19.4. The number of ether oxygens (including phenoxy) is 1. The average molecular weight is 365 g/mol. The molecule has 140 valence electrons. The molecule has 1 aromatic heterocycles. The van der Waals surface area contributed by atoms with Crippen molar-refractivity contribution >= 4 is 5.91 Å². The third-order valence-corrected chi connectivity index (χ3v) is 4.20. The molecule has 0 aliphatic carbocycles. The van der Waals surface area contributed by atoms with Gasteiger partial charge in [0.1, 0.15) is 5.75 Å². The first-order valence-electron chi connectivity index (χ1n) is 8.83. The number of rotatable bonds is 6. The van der Waals surface area contributed by atoms with Crippen LogP contribution in [-0.2, 0) is 11.3 Å². The Hall–Kier alpha value is -3.15. The van der Waals surface area contributed by atoms with Gasteiger partial charge in [-0.3, -0.25) is 4.79 Å². The Bertz CT molecular complexity index is 932. The maximum absolute atomic E-state index is 12.3. The van der Waals surface area contributed by atoms with E-state index in [2.05, 4.69) is 15.5 Å². The van der Waals surface area contributed by atoms with Gasteiger partial charge in [0.2, 0.25) is 11.7 Å². The molecule has 0 fully saturated rings. The van der Waals surface area contributed by atoms with Gasteiger partial charge >= 0.3 is 0 Å². The van der Waals surface area contributed by atoms with Crippen LogP contribution in [0, 0.1) is 20.8 Å². The Labute approximate surface area is 158 Å². The van der Waals surface area contributed by atoms with Gasteiger partial charge in [-0.05, 0) is 39.3 Å². The zero-order valence-corrected chi connectivity index (χ0v) is 15.9. The lowest BCUT2D eigenvalue weighted by atomic mass is 10.1. The second-order valence-corrected chi connectivity index (χ2v) is 6.62.